The van der Waals surface area contributed by atoms with Crippen LogP contribution in [-0.4, -0.2) is 8.80 Å². The standard InChI is InChI=1S/C17H20Si.C15H14/c1-11-5-6-13-7-8-14-16(15(13)9-11)10-12(2)17(14)18(3)4;1-10-3-4-12-5-6-13-7-11(2)9-15(13)14(12)8-10/h5-10,17-18H,1-4H3;3-6,8-9H,7H2,1-2H3. The molecule has 0 fully saturated rings. The van der Waals surface area contributed by atoms with Crippen molar-refractivity contribution in [2.75, 3.05) is 0 Å². The van der Waals surface area contributed by atoms with Crippen molar-refractivity contribution in [3.8, 4) is 0 Å². The van der Waals surface area contributed by atoms with Gasteiger partial charge in [0.15, 0.2) is 0 Å². The van der Waals surface area contributed by atoms with Gasteiger partial charge in [0.05, 0.1) is 0 Å². The first-order valence-electron chi connectivity index (χ1n) is 12.2. The smallest absolute Gasteiger partial charge is 0.0439 e. The van der Waals surface area contributed by atoms with Gasteiger partial charge >= 0.3 is 0 Å². The molecule has 0 bridgehead atoms. The molecule has 0 aliphatic heterocycles. The highest BCUT2D eigenvalue weighted by atomic mass is 28.3. The number of benzene rings is 4. The lowest BCUT2D eigenvalue weighted by Crippen LogP contribution is -2.15. The summed E-state index contributed by atoms with van der Waals surface area (Å²) in [5.74, 6) is 0. The van der Waals surface area contributed by atoms with E-state index in [1.165, 1.54) is 54.9 Å². The molecule has 1 heteroatoms. The highest BCUT2D eigenvalue weighted by Gasteiger charge is 2.26. The number of hydrogen-bond acceptors (Lipinski definition) is 0. The maximum Gasteiger partial charge on any atom is 0.0439 e. The van der Waals surface area contributed by atoms with E-state index in [0.717, 1.165) is 12.0 Å². The lowest BCUT2D eigenvalue weighted by atomic mass is 9.99. The molecular weight excluding hydrogens is 412 g/mol. The fourth-order valence-electron chi connectivity index (χ4n) is 5.78. The van der Waals surface area contributed by atoms with Crippen molar-refractivity contribution >= 4 is 42.5 Å². The topological polar surface area (TPSA) is 0 Å². The van der Waals surface area contributed by atoms with E-state index in [1.54, 1.807) is 11.1 Å². The van der Waals surface area contributed by atoms with E-state index in [1.807, 2.05) is 0 Å². The molecule has 6 rings (SSSR count). The molecule has 4 aromatic rings. The molecule has 1 unspecified atom stereocenters. The predicted octanol–water partition coefficient (Wildman–Crippen LogP) is 8.78. The van der Waals surface area contributed by atoms with Crippen molar-refractivity contribution < 1.29 is 0 Å². The van der Waals surface area contributed by atoms with Crippen LogP contribution in [0.4, 0.5) is 0 Å². The van der Waals surface area contributed by atoms with Gasteiger partial charge in [-0.25, -0.2) is 0 Å². The van der Waals surface area contributed by atoms with Crippen LogP contribution >= 0.6 is 0 Å². The molecule has 4 aromatic carbocycles. The Hall–Kier alpha value is -2.90. The van der Waals surface area contributed by atoms with Gasteiger partial charge in [0.1, 0.15) is 0 Å². The fourth-order valence-corrected chi connectivity index (χ4v) is 7.93. The number of aryl methyl sites for hydroxylation is 2. The third-order valence-corrected chi connectivity index (χ3v) is 9.50. The summed E-state index contributed by atoms with van der Waals surface area (Å²) in [4.78, 5) is 0. The van der Waals surface area contributed by atoms with Crippen LogP contribution < -0.4 is 0 Å². The molecule has 0 heterocycles. The van der Waals surface area contributed by atoms with Crippen LogP contribution in [0.2, 0.25) is 13.1 Å². The first kappa shape index (κ1) is 21.9. The largest absolute Gasteiger partial charge is 0.0714 e. The molecule has 0 aromatic heterocycles. The minimum Gasteiger partial charge on any atom is -0.0714 e. The van der Waals surface area contributed by atoms with Gasteiger partial charge in [0.2, 0.25) is 0 Å². The molecule has 0 radical (unpaired) electrons. The lowest BCUT2D eigenvalue weighted by Gasteiger charge is -2.18. The average molecular weight is 447 g/mol. The summed E-state index contributed by atoms with van der Waals surface area (Å²) >= 11 is 0. The number of rotatable bonds is 1. The summed E-state index contributed by atoms with van der Waals surface area (Å²) in [6.07, 6.45) is 5.88. The van der Waals surface area contributed by atoms with Crippen LogP contribution in [0.15, 0.2) is 71.8 Å². The summed E-state index contributed by atoms with van der Waals surface area (Å²) in [6.45, 7) is 13.8. The first-order valence-corrected chi connectivity index (χ1v) is 15.2. The molecule has 0 spiro atoms. The Morgan fingerprint density at radius 3 is 1.88 bits per heavy atom. The van der Waals surface area contributed by atoms with E-state index in [2.05, 4.69) is 114 Å². The monoisotopic (exact) mass is 446 g/mol. The Balaban J connectivity index is 0.000000140. The van der Waals surface area contributed by atoms with Crippen molar-refractivity contribution in [3.05, 3.63) is 105 Å². The summed E-state index contributed by atoms with van der Waals surface area (Å²) in [6, 6.07) is 22.6. The molecule has 0 amide bonds. The number of fused-ring (bicyclic) bond motifs is 6. The Morgan fingerprint density at radius 2 is 1.24 bits per heavy atom. The third-order valence-electron chi connectivity index (χ3n) is 7.29. The zero-order valence-corrected chi connectivity index (χ0v) is 21.9. The zero-order chi connectivity index (χ0) is 23.3. The summed E-state index contributed by atoms with van der Waals surface area (Å²) in [7, 11) is -0.679. The summed E-state index contributed by atoms with van der Waals surface area (Å²) in [5, 5.41) is 5.56. The van der Waals surface area contributed by atoms with Gasteiger partial charge in [-0.2, -0.15) is 0 Å². The minimum absolute atomic E-state index is 0.679. The van der Waals surface area contributed by atoms with Crippen LogP contribution in [-0.2, 0) is 6.42 Å². The third kappa shape index (κ3) is 4.00. The molecule has 1 atom stereocenters. The molecule has 2 aliphatic rings. The van der Waals surface area contributed by atoms with Crippen LogP contribution in [0, 0.1) is 13.8 Å². The molecule has 0 saturated carbocycles. The van der Waals surface area contributed by atoms with Gasteiger partial charge in [-0.15, -0.1) is 0 Å². The van der Waals surface area contributed by atoms with Gasteiger partial charge < -0.3 is 0 Å². The van der Waals surface area contributed by atoms with Crippen LogP contribution in [0.1, 0.15) is 52.8 Å². The van der Waals surface area contributed by atoms with Gasteiger partial charge in [0, 0.05) is 8.80 Å². The van der Waals surface area contributed by atoms with Crippen molar-refractivity contribution in [2.24, 2.45) is 0 Å². The quantitative estimate of drug-likeness (QED) is 0.256. The highest BCUT2D eigenvalue weighted by Crippen LogP contribution is 2.41. The Bertz CT molecular complexity index is 1450. The first-order chi connectivity index (χ1) is 15.8. The van der Waals surface area contributed by atoms with E-state index < -0.39 is 8.80 Å². The Kier molecular flexibility index (Phi) is 5.62. The van der Waals surface area contributed by atoms with E-state index in [4.69, 9.17) is 0 Å². The van der Waals surface area contributed by atoms with Crippen molar-refractivity contribution in [2.45, 2.75) is 52.8 Å². The van der Waals surface area contributed by atoms with Crippen LogP contribution in [0.25, 0.3) is 33.7 Å². The maximum atomic E-state index is 2.46. The summed E-state index contributed by atoms with van der Waals surface area (Å²) in [5.41, 5.74) is 12.5. The normalized spacial score (nSPS) is 16.4. The molecule has 33 heavy (non-hydrogen) atoms. The van der Waals surface area contributed by atoms with E-state index >= 15 is 0 Å². The molecular formula is C32H34Si. The number of allylic oxidation sites excluding steroid dienone is 2. The minimum atomic E-state index is -0.679. The van der Waals surface area contributed by atoms with Crippen LogP contribution in [0.5, 0.6) is 0 Å². The van der Waals surface area contributed by atoms with E-state index in [9.17, 15) is 0 Å². The van der Waals surface area contributed by atoms with Crippen molar-refractivity contribution in [1.29, 1.82) is 0 Å². The van der Waals surface area contributed by atoms with Gasteiger partial charge in [-0.3, -0.25) is 0 Å². The predicted molar refractivity (Wildman–Crippen MR) is 150 cm³/mol. The SMILES string of the molecule is CC1=Cc2c(ccc3ccc(C)cc23)C1.CC1=Cc2c(ccc3ccc(C)cc23)C1[SiH](C)C. The fraction of sp³-hybridized carbons (Fsp3) is 0.250. The second-order valence-electron chi connectivity index (χ2n) is 10.4. The highest BCUT2D eigenvalue weighted by molar-refractivity contribution is 6.58. The lowest BCUT2D eigenvalue weighted by molar-refractivity contribution is 1.11. The molecule has 0 nitrogen and oxygen atoms in total. The molecule has 166 valence electrons. The summed E-state index contributed by atoms with van der Waals surface area (Å²) < 4.78 is 0. The van der Waals surface area contributed by atoms with Gasteiger partial charge in [0.25, 0.3) is 0 Å². The molecule has 0 saturated heterocycles. The zero-order valence-electron chi connectivity index (χ0n) is 20.8. The number of hydrogen-bond donors (Lipinski definition) is 0. The van der Waals surface area contributed by atoms with E-state index in [-0.39, 0.29) is 0 Å². The van der Waals surface area contributed by atoms with Gasteiger partial charge in [-0.1, -0.05) is 108 Å². The van der Waals surface area contributed by atoms with Crippen LogP contribution in [0.3, 0.4) is 0 Å². The second kappa shape index (κ2) is 8.46. The molecule has 0 N–H and O–H groups in total. The van der Waals surface area contributed by atoms with E-state index in [0.29, 0.717) is 0 Å². The second-order valence-corrected chi connectivity index (χ2v) is 13.6. The molecule has 2 aliphatic carbocycles. The maximum absolute atomic E-state index is 2.46. The van der Waals surface area contributed by atoms with Crippen molar-refractivity contribution in [1.82, 2.24) is 0 Å². The average Bonchev–Trinajstić information content (AvgIpc) is 3.33. The Morgan fingerprint density at radius 1 is 0.667 bits per heavy atom. The van der Waals surface area contributed by atoms with Crippen molar-refractivity contribution in [3.63, 3.8) is 0 Å². The van der Waals surface area contributed by atoms with Gasteiger partial charge in [-0.05, 0) is 83.5 Å². The Labute approximate surface area is 200 Å².